The summed E-state index contributed by atoms with van der Waals surface area (Å²) in [7, 11) is 0. The third-order valence-corrected chi connectivity index (χ3v) is 3.65. The van der Waals surface area contributed by atoms with Crippen molar-refractivity contribution in [1.29, 1.82) is 0 Å². The molecule has 0 saturated carbocycles. The molecular weight excluding hydrogens is 366 g/mol. The zero-order valence-electron chi connectivity index (χ0n) is 9.58. The van der Waals surface area contributed by atoms with Crippen molar-refractivity contribution in [3.05, 3.63) is 57.9 Å². The minimum absolute atomic E-state index is 0.0987. The molecule has 0 N–H and O–H groups in total. The lowest BCUT2D eigenvalue weighted by molar-refractivity contribution is 0.381. The molecule has 20 heavy (non-hydrogen) atoms. The average Bonchev–Trinajstić information content (AvgIpc) is 2.43. The van der Waals surface area contributed by atoms with Crippen LogP contribution in [0.1, 0.15) is 5.56 Å². The van der Waals surface area contributed by atoms with Crippen LogP contribution in [0.15, 0.2) is 18.2 Å². The second-order valence-corrected chi connectivity index (χ2v) is 4.81. The van der Waals surface area contributed by atoms with E-state index >= 15 is 0 Å². The molecule has 106 valence electrons. The SMILES string of the molecule is Fc1c(F)c(F)c(-c2cccc(Cl)c2CBr)c(F)c1F. The molecule has 0 heterocycles. The molecule has 0 aromatic heterocycles. The molecule has 0 spiro atoms. The summed E-state index contributed by atoms with van der Waals surface area (Å²) in [6, 6.07) is 4.05. The molecule has 0 unspecified atom stereocenters. The van der Waals surface area contributed by atoms with Gasteiger partial charge in [-0.3, -0.25) is 0 Å². The molecule has 0 amide bonds. The standard InChI is InChI=1S/C13H5BrClF5/c14-4-6-5(2-1-3-7(6)15)8-9(16)11(18)13(20)12(19)10(8)17/h1-3H,4H2. The van der Waals surface area contributed by atoms with Crippen molar-refractivity contribution in [2.75, 3.05) is 0 Å². The minimum Gasteiger partial charge on any atom is -0.203 e. The van der Waals surface area contributed by atoms with Gasteiger partial charge in [-0.05, 0) is 17.2 Å². The van der Waals surface area contributed by atoms with Crippen molar-refractivity contribution < 1.29 is 22.0 Å². The van der Waals surface area contributed by atoms with Crippen LogP contribution in [0.25, 0.3) is 11.1 Å². The monoisotopic (exact) mass is 370 g/mol. The maximum atomic E-state index is 13.8. The molecule has 2 aromatic carbocycles. The Morgan fingerprint density at radius 1 is 0.850 bits per heavy atom. The van der Waals surface area contributed by atoms with Gasteiger partial charge in [0, 0.05) is 10.4 Å². The molecule has 0 bridgehead atoms. The first-order chi connectivity index (χ1) is 9.40. The Balaban J connectivity index is 2.87. The number of rotatable bonds is 2. The average molecular weight is 372 g/mol. The Labute approximate surface area is 124 Å². The maximum absolute atomic E-state index is 13.8. The van der Waals surface area contributed by atoms with Crippen LogP contribution in [0.3, 0.4) is 0 Å². The normalized spacial score (nSPS) is 10.9. The molecule has 0 aliphatic heterocycles. The van der Waals surface area contributed by atoms with Gasteiger partial charge >= 0.3 is 0 Å². The first kappa shape index (κ1) is 15.3. The fraction of sp³-hybridized carbons (Fsp3) is 0.0769. The highest BCUT2D eigenvalue weighted by Gasteiger charge is 2.27. The summed E-state index contributed by atoms with van der Waals surface area (Å²) in [5.74, 6) is -9.93. The zero-order chi connectivity index (χ0) is 15.0. The fourth-order valence-corrected chi connectivity index (χ4v) is 2.78. The highest BCUT2D eigenvalue weighted by molar-refractivity contribution is 9.08. The number of hydrogen-bond donors (Lipinski definition) is 0. The van der Waals surface area contributed by atoms with E-state index in [-0.39, 0.29) is 21.5 Å². The van der Waals surface area contributed by atoms with E-state index in [0.29, 0.717) is 0 Å². The predicted molar refractivity (Wildman–Crippen MR) is 69.3 cm³/mol. The Kier molecular flexibility index (Phi) is 4.34. The molecule has 2 aromatic rings. The van der Waals surface area contributed by atoms with Gasteiger partial charge in [0.2, 0.25) is 5.82 Å². The number of alkyl halides is 1. The molecular formula is C13H5BrClF5. The van der Waals surface area contributed by atoms with Crippen LogP contribution >= 0.6 is 27.5 Å². The van der Waals surface area contributed by atoms with Crippen molar-refractivity contribution in [2.45, 2.75) is 5.33 Å². The van der Waals surface area contributed by atoms with Gasteiger partial charge in [-0.2, -0.15) is 0 Å². The Bertz CT molecular complexity index is 658. The Morgan fingerprint density at radius 3 is 1.85 bits per heavy atom. The van der Waals surface area contributed by atoms with Crippen LogP contribution in [0, 0.1) is 29.1 Å². The van der Waals surface area contributed by atoms with Gasteiger partial charge in [-0.15, -0.1) is 0 Å². The number of halogens is 7. The third-order valence-electron chi connectivity index (χ3n) is 2.73. The van der Waals surface area contributed by atoms with E-state index in [0.717, 1.165) is 0 Å². The molecule has 7 heteroatoms. The summed E-state index contributed by atoms with van der Waals surface area (Å²) in [6.45, 7) is 0. The van der Waals surface area contributed by atoms with Gasteiger partial charge in [-0.1, -0.05) is 39.7 Å². The molecule has 0 saturated heterocycles. The Morgan fingerprint density at radius 2 is 1.35 bits per heavy atom. The largest absolute Gasteiger partial charge is 0.203 e. The predicted octanol–water partition coefficient (Wildman–Crippen LogP) is 5.60. The van der Waals surface area contributed by atoms with Crippen LogP contribution < -0.4 is 0 Å². The highest BCUT2D eigenvalue weighted by Crippen LogP contribution is 2.36. The second-order valence-electron chi connectivity index (χ2n) is 3.84. The van der Waals surface area contributed by atoms with Gasteiger partial charge in [-0.25, -0.2) is 22.0 Å². The summed E-state index contributed by atoms with van der Waals surface area (Å²) in [5, 5.41) is 0.255. The first-order valence-electron chi connectivity index (χ1n) is 5.25. The molecule has 2 rings (SSSR count). The molecule has 0 fully saturated rings. The van der Waals surface area contributed by atoms with Gasteiger partial charge < -0.3 is 0 Å². The quantitative estimate of drug-likeness (QED) is 0.279. The van der Waals surface area contributed by atoms with Crippen LogP contribution in [0.4, 0.5) is 22.0 Å². The second kappa shape index (κ2) is 5.69. The lowest BCUT2D eigenvalue weighted by Gasteiger charge is -2.12. The van der Waals surface area contributed by atoms with E-state index in [2.05, 4.69) is 15.9 Å². The smallest absolute Gasteiger partial charge is 0.200 e. The zero-order valence-corrected chi connectivity index (χ0v) is 11.9. The van der Waals surface area contributed by atoms with Crippen LogP contribution in [0.5, 0.6) is 0 Å². The molecule has 0 aliphatic rings. The topological polar surface area (TPSA) is 0 Å². The van der Waals surface area contributed by atoms with Crippen LogP contribution in [-0.2, 0) is 5.33 Å². The summed E-state index contributed by atoms with van der Waals surface area (Å²) in [5.41, 5.74) is -0.905. The van der Waals surface area contributed by atoms with E-state index < -0.39 is 34.6 Å². The lowest BCUT2D eigenvalue weighted by Crippen LogP contribution is -2.05. The maximum Gasteiger partial charge on any atom is 0.200 e. The molecule has 0 nitrogen and oxygen atoms in total. The summed E-state index contributed by atoms with van der Waals surface area (Å²) in [4.78, 5) is 0. The first-order valence-corrected chi connectivity index (χ1v) is 6.75. The van der Waals surface area contributed by atoms with E-state index in [4.69, 9.17) is 11.6 Å². The fourth-order valence-electron chi connectivity index (χ4n) is 1.77. The van der Waals surface area contributed by atoms with E-state index in [1.54, 1.807) is 0 Å². The van der Waals surface area contributed by atoms with Gasteiger partial charge in [0.25, 0.3) is 0 Å². The van der Waals surface area contributed by atoms with Gasteiger partial charge in [0.1, 0.15) is 0 Å². The van der Waals surface area contributed by atoms with Gasteiger partial charge in [0.15, 0.2) is 23.3 Å². The van der Waals surface area contributed by atoms with Crippen molar-refractivity contribution in [3.8, 4) is 11.1 Å². The summed E-state index contributed by atoms with van der Waals surface area (Å²) < 4.78 is 67.0. The van der Waals surface area contributed by atoms with Crippen molar-refractivity contribution in [3.63, 3.8) is 0 Å². The van der Waals surface area contributed by atoms with Crippen molar-refractivity contribution in [1.82, 2.24) is 0 Å². The van der Waals surface area contributed by atoms with E-state index in [9.17, 15) is 22.0 Å². The highest BCUT2D eigenvalue weighted by atomic mass is 79.9. The number of benzene rings is 2. The van der Waals surface area contributed by atoms with E-state index in [1.807, 2.05) is 0 Å². The summed E-state index contributed by atoms with van der Waals surface area (Å²) >= 11 is 8.92. The molecule has 0 radical (unpaired) electrons. The summed E-state index contributed by atoms with van der Waals surface area (Å²) in [6.07, 6.45) is 0. The van der Waals surface area contributed by atoms with Crippen molar-refractivity contribution in [2.24, 2.45) is 0 Å². The van der Waals surface area contributed by atoms with Crippen LogP contribution in [-0.4, -0.2) is 0 Å². The number of hydrogen-bond acceptors (Lipinski definition) is 0. The van der Waals surface area contributed by atoms with E-state index in [1.165, 1.54) is 18.2 Å². The molecule has 0 aliphatic carbocycles. The van der Waals surface area contributed by atoms with Gasteiger partial charge in [0.05, 0.1) is 5.56 Å². The lowest BCUT2D eigenvalue weighted by atomic mass is 9.99. The minimum atomic E-state index is -2.19. The van der Waals surface area contributed by atoms with Crippen molar-refractivity contribution >= 4 is 27.5 Å². The molecule has 0 atom stereocenters. The Hall–Kier alpha value is -1.14. The van der Waals surface area contributed by atoms with Crippen LogP contribution in [0.2, 0.25) is 5.02 Å². The third kappa shape index (κ3) is 2.31.